The second-order valence-corrected chi connectivity index (χ2v) is 7.97. The van der Waals surface area contributed by atoms with Crippen molar-refractivity contribution in [1.29, 1.82) is 0 Å². The van der Waals surface area contributed by atoms with Crippen molar-refractivity contribution in [2.45, 2.75) is 5.75 Å². The van der Waals surface area contributed by atoms with Crippen LogP contribution in [0.5, 0.6) is 0 Å². The zero-order chi connectivity index (χ0) is 22.9. The molecule has 3 aromatic rings. The number of anilines is 1. The predicted molar refractivity (Wildman–Crippen MR) is 114 cm³/mol. The minimum absolute atomic E-state index is 0.0591. The summed E-state index contributed by atoms with van der Waals surface area (Å²) in [6.07, 6.45) is 2.74. The first-order valence-electron chi connectivity index (χ1n) is 8.93. The first-order chi connectivity index (χ1) is 14.8. The van der Waals surface area contributed by atoms with Gasteiger partial charge in [0.2, 0.25) is 10.0 Å². The van der Waals surface area contributed by atoms with Crippen LogP contribution >= 0.6 is 0 Å². The maximum absolute atomic E-state index is 14.7. The third kappa shape index (κ3) is 6.81. The quantitative estimate of drug-likeness (QED) is 0.398. The molecule has 0 aliphatic carbocycles. The fraction of sp³-hybridized carbons (Fsp3) is 0.150. The minimum Gasteiger partial charge on any atom is -0.483 e. The van der Waals surface area contributed by atoms with E-state index in [0.717, 1.165) is 0 Å². The van der Waals surface area contributed by atoms with Gasteiger partial charge >= 0.3 is 0 Å². The topological polar surface area (TPSA) is 156 Å². The molecule has 1 aromatic heterocycles. The second-order valence-electron chi connectivity index (χ2n) is 6.16. The second kappa shape index (κ2) is 11.1. The lowest BCUT2D eigenvalue weighted by Crippen LogP contribution is -2.28. The number of aliphatic hydroxyl groups excluding tert-OH is 1. The van der Waals surface area contributed by atoms with Crippen molar-refractivity contribution in [1.82, 2.24) is 14.7 Å². The molecule has 0 aliphatic rings. The lowest BCUT2D eigenvalue weighted by molar-refractivity contribution is -0.122. The van der Waals surface area contributed by atoms with Crippen LogP contribution in [0.15, 0.2) is 54.9 Å². The molecule has 0 bridgehead atoms. The fourth-order valence-electron chi connectivity index (χ4n) is 2.75. The number of carboxylic acid groups (broad SMARTS) is 1. The Balaban J connectivity index is 0.00000107. The highest BCUT2D eigenvalue weighted by molar-refractivity contribution is 7.88. The van der Waals surface area contributed by atoms with Crippen LogP contribution in [0.2, 0.25) is 0 Å². The number of halogens is 1. The summed E-state index contributed by atoms with van der Waals surface area (Å²) < 4.78 is 41.3. The van der Waals surface area contributed by atoms with Gasteiger partial charge in [0.15, 0.2) is 0 Å². The third-order valence-corrected chi connectivity index (χ3v) is 5.36. The van der Waals surface area contributed by atoms with Gasteiger partial charge in [-0.05, 0) is 28.8 Å². The molecule has 0 fully saturated rings. The van der Waals surface area contributed by atoms with Crippen molar-refractivity contribution in [3.05, 3.63) is 66.2 Å². The molecule has 0 unspecified atom stereocenters. The van der Waals surface area contributed by atoms with Gasteiger partial charge in [-0.15, -0.1) is 0 Å². The average molecular weight is 448 g/mol. The molecule has 11 heteroatoms. The standard InChI is InChI=1S/C19H19FN4O3S.CH2O2/c20-17-9-13(5-6-16(17)18-10-23-19(21)11-22-18)15-4-2-1-3-14(15)12-28(26,27)24-7-8-25;2-1-3/h1-6,9-11,24-25H,7-8,12H2,(H2,21,23);1H,(H,2,3). The van der Waals surface area contributed by atoms with Gasteiger partial charge < -0.3 is 15.9 Å². The van der Waals surface area contributed by atoms with E-state index in [1.165, 1.54) is 18.5 Å². The molecule has 0 saturated carbocycles. The first-order valence-corrected chi connectivity index (χ1v) is 10.6. The lowest BCUT2D eigenvalue weighted by atomic mass is 9.98. The molecular formula is C20H21FN4O5S. The lowest BCUT2D eigenvalue weighted by Gasteiger charge is -2.12. The molecule has 31 heavy (non-hydrogen) atoms. The molecule has 0 aliphatic heterocycles. The number of hydrogen-bond acceptors (Lipinski definition) is 7. The van der Waals surface area contributed by atoms with Gasteiger partial charge in [-0.1, -0.05) is 30.3 Å². The van der Waals surface area contributed by atoms with Crippen molar-refractivity contribution in [3.8, 4) is 22.4 Å². The molecule has 0 atom stereocenters. The number of nitrogens with two attached hydrogens (primary N) is 1. The van der Waals surface area contributed by atoms with Gasteiger partial charge in [-0.25, -0.2) is 22.5 Å². The summed E-state index contributed by atoms with van der Waals surface area (Å²) in [6, 6.07) is 11.5. The van der Waals surface area contributed by atoms with Crippen LogP contribution in [0, 0.1) is 5.82 Å². The van der Waals surface area contributed by atoms with Gasteiger partial charge in [-0.2, -0.15) is 0 Å². The Bertz CT molecular complexity index is 1120. The summed E-state index contributed by atoms with van der Waals surface area (Å²) in [7, 11) is -3.63. The van der Waals surface area contributed by atoms with Crippen LogP contribution in [0.4, 0.5) is 10.2 Å². The molecule has 1 heterocycles. The van der Waals surface area contributed by atoms with Crippen LogP contribution in [0.1, 0.15) is 5.56 Å². The molecule has 0 saturated heterocycles. The molecule has 0 spiro atoms. The number of sulfonamides is 1. The number of rotatable bonds is 7. The summed E-state index contributed by atoms with van der Waals surface area (Å²) >= 11 is 0. The molecule has 0 amide bonds. The summed E-state index contributed by atoms with van der Waals surface area (Å²) in [4.78, 5) is 16.3. The fourth-order valence-corrected chi connectivity index (χ4v) is 3.92. The highest BCUT2D eigenvalue weighted by atomic mass is 32.2. The molecule has 0 radical (unpaired) electrons. The normalized spacial score (nSPS) is 10.8. The number of hydrogen-bond donors (Lipinski definition) is 4. The third-order valence-electron chi connectivity index (χ3n) is 4.02. The minimum atomic E-state index is -3.63. The summed E-state index contributed by atoms with van der Waals surface area (Å²) in [6.45, 7) is -0.599. The Morgan fingerprint density at radius 2 is 1.81 bits per heavy atom. The Kier molecular flexibility index (Phi) is 8.55. The smallest absolute Gasteiger partial charge is 0.290 e. The zero-order valence-corrected chi connectivity index (χ0v) is 17.1. The first kappa shape index (κ1) is 23.9. The van der Waals surface area contributed by atoms with Crippen molar-refractivity contribution in [2.75, 3.05) is 18.9 Å². The van der Waals surface area contributed by atoms with Crippen LogP contribution in [-0.4, -0.2) is 48.2 Å². The average Bonchev–Trinajstić information content (AvgIpc) is 2.74. The van der Waals surface area contributed by atoms with E-state index < -0.39 is 15.8 Å². The molecule has 9 nitrogen and oxygen atoms in total. The van der Waals surface area contributed by atoms with Crippen LogP contribution in [0.25, 0.3) is 22.4 Å². The van der Waals surface area contributed by atoms with Gasteiger partial charge in [-0.3, -0.25) is 9.78 Å². The van der Waals surface area contributed by atoms with E-state index in [2.05, 4.69) is 14.7 Å². The van der Waals surface area contributed by atoms with Gasteiger partial charge in [0.25, 0.3) is 6.47 Å². The number of aromatic nitrogens is 2. The maximum atomic E-state index is 14.7. The molecular weight excluding hydrogens is 427 g/mol. The Morgan fingerprint density at radius 3 is 2.42 bits per heavy atom. The van der Waals surface area contributed by atoms with E-state index in [0.29, 0.717) is 22.4 Å². The number of nitrogen functional groups attached to an aromatic ring is 1. The van der Waals surface area contributed by atoms with E-state index in [-0.39, 0.29) is 36.8 Å². The van der Waals surface area contributed by atoms with Crippen LogP contribution < -0.4 is 10.5 Å². The van der Waals surface area contributed by atoms with Crippen molar-refractivity contribution in [2.24, 2.45) is 0 Å². The Hall–Kier alpha value is -3.41. The molecule has 164 valence electrons. The highest BCUT2D eigenvalue weighted by Gasteiger charge is 2.16. The van der Waals surface area contributed by atoms with Crippen molar-refractivity contribution in [3.63, 3.8) is 0 Å². The van der Waals surface area contributed by atoms with Gasteiger partial charge in [0.1, 0.15) is 11.6 Å². The predicted octanol–water partition coefficient (Wildman–Crippen LogP) is 1.64. The number of nitrogens with one attached hydrogen (secondary N) is 1. The maximum Gasteiger partial charge on any atom is 0.290 e. The number of nitrogens with zero attached hydrogens (tertiary/aromatic N) is 2. The SMILES string of the molecule is Nc1cnc(-c2ccc(-c3ccccc3CS(=O)(=O)NCCO)cc2F)cn1.O=CO. The highest BCUT2D eigenvalue weighted by Crippen LogP contribution is 2.29. The summed E-state index contributed by atoms with van der Waals surface area (Å²) in [5.74, 6) is -0.547. The summed E-state index contributed by atoms with van der Waals surface area (Å²) in [5, 5.41) is 15.7. The molecule has 3 rings (SSSR count). The van der Waals surface area contributed by atoms with E-state index in [9.17, 15) is 12.8 Å². The van der Waals surface area contributed by atoms with Crippen LogP contribution in [-0.2, 0) is 20.6 Å². The molecule has 5 N–H and O–H groups in total. The summed E-state index contributed by atoms with van der Waals surface area (Å²) in [5.41, 5.74) is 7.79. The largest absolute Gasteiger partial charge is 0.483 e. The zero-order valence-electron chi connectivity index (χ0n) is 16.3. The van der Waals surface area contributed by atoms with E-state index in [4.69, 9.17) is 20.7 Å². The van der Waals surface area contributed by atoms with Gasteiger partial charge in [0, 0.05) is 12.1 Å². The monoisotopic (exact) mass is 448 g/mol. The number of aliphatic hydroxyl groups is 1. The Labute approximate surface area is 178 Å². The van der Waals surface area contributed by atoms with Crippen LogP contribution in [0.3, 0.4) is 0 Å². The number of carbonyl (C=O) groups is 1. The Morgan fingerprint density at radius 1 is 1.10 bits per heavy atom. The van der Waals surface area contributed by atoms with Gasteiger partial charge in [0.05, 0.1) is 30.4 Å². The molecule has 2 aromatic carbocycles. The van der Waals surface area contributed by atoms with Crippen molar-refractivity contribution < 1.29 is 27.8 Å². The van der Waals surface area contributed by atoms with E-state index in [1.54, 1.807) is 36.4 Å². The number of benzene rings is 2. The van der Waals surface area contributed by atoms with Crippen molar-refractivity contribution >= 4 is 22.3 Å². The van der Waals surface area contributed by atoms with E-state index in [1.807, 2.05) is 0 Å². The van der Waals surface area contributed by atoms with E-state index >= 15 is 0 Å².